The molecule has 1 heterocycles. The number of rotatable bonds is 10. The first-order valence-electron chi connectivity index (χ1n) is 14.2. The van der Waals surface area contributed by atoms with Crippen LogP contribution < -0.4 is 24.3 Å². The minimum Gasteiger partial charge on any atom is -0.497 e. The van der Waals surface area contributed by atoms with Crippen LogP contribution in [0.5, 0.6) is 23.0 Å². The van der Waals surface area contributed by atoms with Gasteiger partial charge < -0.3 is 34.3 Å². The largest absolute Gasteiger partial charge is 0.497 e. The van der Waals surface area contributed by atoms with Crippen molar-refractivity contribution in [3.05, 3.63) is 114 Å². The Morgan fingerprint density at radius 3 is 1.49 bits per heavy atom. The number of nitrogens with one attached hydrogen (secondary N) is 1. The van der Waals surface area contributed by atoms with Gasteiger partial charge in [-0.05, 0) is 83.9 Å². The summed E-state index contributed by atoms with van der Waals surface area (Å²) in [6.45, 7) is 0. The molecule has 10 heteroatoms. The molecule has 0 radical (unpaired) electrons. The van der Waals surface area contributed by atoms with Gasteiger partial charge in [0.25, 0.3) is 0 Å². The number of carboxylic acids is 1. The monoisotopic (exact) mass is 610 g/mol. The number of ketones is 1. The van der Waals surface area contributed by atoms with Gasteiger partial charge in [0.05, 0.1) is 40.4 Å². The maximum atomic E-state index is 14.6. The molecule has 45 heavy (non-hydrogen) atoms. The van der Waals surface area contributed by atoms with E-state index in [1.54, 1.807) is 97.1 Å². The molecule has 0 spiro atoms. The number of anilines is 1. The molecule has 10 nitrogen and oxygen atoms in total. The van der Waals surface area contributed by atoms with E-state index in [1.807, 2.05) is 0 Å². The molecule has 4 atom stereocenters. The Bertz CT molecular complexity index is 1640. The van der Waals surface area contributed by atoms with E-state index in [9.17, 15) is 19.5 Å². The number of methoxy groups -OCH3 is 4. The fraction of sp³-hybridized carbons (Fsp3) is 0.229. The molecule has 0 aromatic heterocycles. The molecule has 4 aromatic carbocycles. The number of Topliss-reactive ketones (excluding diaryl/α,β-unsaturated/α-hetero) is 1. The fourth-order valence-corrected chi connectivity index (χ4v) is 5.94. The summed E-state index contributed by atoms with van der Waals surface area (Å²) in [5, 5.41) is 13.6. The van der Waals surface area contributed by atoms with Crippen LogP contribution in [0.4, 0.5) is 10.5 Å². The van der Waals surface area contributed by atoms with Crippen LogP contribution in [-0.4, -0.2) is 62.3 Å². The highest BCUT2D eigenvalue weighted by molar-refractivity contribution is 6.02. The summed E-state index contributed by atoms with van der Waals surface area (Å²) in [4.78, 5) is 43.3. The summed E-state index contributed by atoms with van der Waals surface area (Å²) < 4.78 is 21.2. The number of hydrogen-bond donors (Lipinski definition) is 2. The molecule has 2 amide bonds. The lowest BCUT2D eigenvalue weighted by Gasteiger charge is -2.30. The third-order valence-electron chi connectivity index (χ3n) is 8.13. The highest BCUT2D eigenvalue weighted by Crippen LogP contribution is 2.52. The predicted molar refractivity (Wildman–Crippen MR) is 168 cm³/mol. The Morgan fingerprint density at radius 1 is 0.622 bits per heavy atom. The molecule has 1 saturated heterocycles. The first kappa shape index (κ1) is 30.9. The topological polar surface area (TPSA) is 124 Å². The smallest absolute Gasteiger partial charge is 0.327 e. The SMILES string of the molecule is COc1ccc(NC(=O)N2C(C(=O)O)C(c3ccc(OC)cc3)C(C(=O)c3ccc(OC)cc3)C2c2ccc(OC)cc2)cc1. The second-order valence-electron chi connectivity index (χ2n) is 10.5. The molecule has 5 rings (SSSR count). The standard InChI is InChI=1S/C35H34N2O8/c1-42-25-13-5-21(6-14-25)29-30(33(38)23-9-17-27(44-3)18-10-23)31(22-7-15-26(43-2)16-8-22)37(32(29)34(39)40)35(41)36-24-11-19-28(45-4)20-12-24/h5-20,29-32H,1-4H3,(H,36,41)(H,39,40). The van der Waals surface area contributed by atoms with Crippen molar-refractivity contribution in [1.29, 1.82) is 0 Å². The van der Waals surface area contributed by atoms with Crippen LogP contribution in [0, 0.1) is 5.92 Å². The second-order valence-corrected chi connectivity index (χ2v) is 10.5. The molecule has 232 valence electrons. The van der Waals surface area contributed by atoms with Gasteiger partial charge in [0.15, 0.2) is 5.78 Å². The summed E-state index contributed by atoms with van der Waals surface area (Å²) in [7, 11) is 6.14. The average molecular weight is 611 g/mol. The minimum absolute atomic E-state index is 0.315. The Labute approximate surface area is 261 Å². The van der Waals surface area contributed by atoms with Crippen molar-refractivity contribution in [2.75, 3.05) is 33.8 Å². The van der Waals surface area contributed by atoms with Crippen LogP contribution in [0.25, 0.3) is 0 Å². The van der Waals surface area contributed by atoms with Crippen LogP contribution in [0.15, 0.2) is 97.1 Å². The normalized spacial score (nSPS) is 19.0. The lowest BCUT2D eigenvalue weighted by molar-refractivity contribution is -0.142. The van der Waals surface area contributed by atoms with Crippen LogP contribution in [0.3, 0.4) is 0 Å². The van der Waals surface area contributed by atoms with Crippen LogP contribution in [0.1, 0.15) is 33.4 Å². The maximum Gasteiger partial charge on any atom is 0.327 e. The Balaban J connectivity index is 1.70. The lowest BCUT2D eigenvalue weighted by atomic mass is 9.76. The van der Waals surface area contributed by atoms with Crippen LogP contribution >= 0.6 is 0 Å². The molecule has 0 bridgehead atoms. The molecular weight excluding hydrogens is 576 g/mol. The number of aliphatic carboxylic acids is 1. The van der Waals surface area contributed by atoms with E-state index in [2.05, 4.69) is 5.32 Å². The Morgan fingerprint density at radius 2 is 1.04 bits per heavy atom. The van der Waals surface area contributed by atoms with Crippen molar-refractivity contribution in [2.45, 2.75) is 18.0 Å². The van der Waals surface area contributed by atoms with E-state index >= 15 is 0 Å². The lowest BCUT2D eigenvalue weighted by Crippen LogP contribution is -2.45. The van der Waals surface area contributed by atoms with Gasteiger partial charge in [-0.3, -0.25) is 4.79 Å². The van der Waals surface area contributed by atoms with Crippen molar-refractivity contribution in [3.63, 3.8) is 0 Å². The van der Waals surface area contributed by atoms with Crippen molar-refractivity contribution in [2.24, 2.45) is 5.92 Å². The van der Waals surface area contributed by atoms with Gasteiger partial charge >= 0.3 is 12.0 Å². The van der Waals surface area contributed by atoms with Crippen molar-refractivity contribution in [1.82, 2.24) is 4.90 Å². The second kappa shape index (κ2) is 13.4. The fourth-order valence-electron chi connectivity index (χ4n) is 5.94. The predicted octanol–water partition coefficient (Wildman–Crippen LogP) is 6.05. The number of ether oxygens (including phenoxy) is 4. The van der Waals surface area contributed by atoms with Gasteiger partial charge in [-0.2, -0.15) is 0 Å². The third-order valence-corrected chi connectivity index (χ3v) is 8.13. The van der Waals surface area contributed by atoms with E-state index < -0.39 is 35.9 Å². The highest BCUT2D eigenvalue weighted by atomic mass is 16.5. The molecule has 2 N–H and O–H groups in total. The van der Waals surface area contributed by atoms with Gasteiger partial charge in [-0.25, -0.2) is 9.59 Å². The van der Waals surface area contributed by atoms with E-state index in [1.165, 1.54) is 33.3 Å². The number of nitrogens with zero attached hydrogens (tertiary/aromatic N) is 1. The zero-order valence-electron chi connectivity index (χ0n) is 25.3. The molecule has 1 aliphatic heterocycles. The first-order valence-corrected chi connectivity index (χ1v) is 14.2. The van der Waals surface area contributed by atoms with Crippen molar-refractivity contribution >= 4 is 23.5 Å². The zero-order valence-corrected chi connectivity index (χ0v) is 25.3. The molecule has 0 saturated carbocycles. The highest BCUT2D eigenvalue weighted by Gasteiger charge is 2.57. The summed E-state index contributed by atoms with van der Waals surface area (Å²) in [6.07, 6.45) is 0. The molecule has 1 fully saturated rings. The summed E-state index contributed by atoms with van der Waals surface area (Å²) in [5.74, 6) is -1.15. The van der Waals surface area contributed by atoms with Crippen molar-refractivity contribution in [3.8, 4) is 23.0 Å². The number of benzene rings is 4. The number of carbonyl (C=O) groups is 3. The van der Waals surface area contributed by atoms with Crippen LogP contribution in [0.2, 0.25) is 0 Å². The molecule has 1 aliphatic rings. The van der Waals surface area contributed by atoms with Gasteiger partial charge in [0, 0.05) is 17.2 Å². The first-order chi connectivity index (χ1) is 21.8. The number of carbonyl (C=O) groups excluding carboxylic acids is 2. The van der Waals surface area contributed by atoms with Gasteiger partial charge in [0.2, 0.25) is 0 Å². The van der Waals surface area contributed by atoms with E-state index in [0.717, 1.165) is 0 Å². The third kappa shape index (κ3) is 6.26. The number of carboxylic acid groups (broad SMARTS) is 1. The van der Waals surface area contributed by atoms with Gasteiger partial charge in [0.1, 0.15) is 29.0 Å². The van der Waals surface area contributed by atoms with E-state index in [-0.39, 0.29) is 5.78 Å². The number of likely N-dealkylation sites (tertiary alicyclic amines) is 1. The van der Waals surface area contributed by atoms with E-state index in [0.29, 0.717) is 45.4 Å². The average Bonchev–Trinajstić information content (AvgIpc) is 3.45. The van der Waals surface area contributed by atoms with Crippen molar-refractivity contribution < 1.29 is 38.4 Å². The van der Waals surface area contributed by atoms with E-state index in [4.69, 9.17) is 18.9 Å². The molecule has 4 unspecified atom stereocenters. The Kier molecular flexibility index (Phi) is 9.22. The molecule has 4 aromatic rings. The van der Waals surface area contributed by atoms with Gasteiger partial charge in [-0.1, -0.05) is 24.3 Å². The Hall–Kier alpha value is -5.51. The summed E-state index contributed by atoms with van der Waals surface area (Å²) >= 11 is 0. The summed E-state index contributed by atoms with van der Waals surface area (Å²) in [6, 6.07) is 24.2. The van der Waals surface area contributed by atoms with Crippen LogP contribution in [-0.2, 0) is 4.79 Å². The molecule has 0 aliphatic carbocycles. The minimum atomic E-state index is -1.41. The molecular formula is C35H34N2O8. The quantitative estimate of drug-likeness (QED) is 0.208. The summed E-state index contributed by atoms with van der Waals surface area (Å²) in [5.41, 5.74) is 1.95. The number of urea groups is 1. The van der Waals surface area contributed by atoms with Gasteiger partial charge in [-0.15, -0.1) is 0 Å². The maximum absolute atomic E-state index is 14.6. The number of hydrogen-bond acceptors (Lipinski definition) is 7. The zero-order chi connectivity index (χ0) is 32.1. The number of amides is 2.